The van der Waals surface area contributed by atoms with Crippen LogP contribution in [0.2, 0.25) is 5.02 Å². The summed E-state index contributed by atoms with van der Waals surface area (Å²) >= 11 is 6.22. The van der Waals surface area contributed by atoms with Crippen LogP contribution in [0.1, 0.15) is 26.3 Å². The predicted molar refractivity (Wildman–Crippen MR) is 123 cm³/mol. The van der Waals surface area contributed by atoms with Crippen molar-refractivity contribution in [2.75, 3.05) is 4.72 Å². The number of nitrogens with zero attached hydrogens (tertiary/aromatic N) is 3. The number of hydrogen-bond donors (Lipinski definition) is 1. The van der Waals surface area contributed by atoms with E-state index in [1.165, 1.54) is 43.1 Å². The van der Waals surface area contributed by atoms with Gasteiger partial charge in [-0.2, -0.15) is 0 Å². The molecule has 1 aliphatic rings. The van der Waals surface area contributed by atoms with Crippen LogP contribution in [0.4, 0.5) is 5.69 Å². The number of hydrogen-bond acceptors (Lipinski definition) is 7. The van der Waals surface area contributed by atoms with Gasteiger partial charge in [0.2, 0.25) is 0 Å². The first-order chi connectivity index (χ1) is 16.3. The maximum atomic E-state index is 13.2. The number of nitrogens with one attached hydrogen (secondary N) is 1. The van der Waals surface area contributed by atoms with Gasteiger partial charge in [-0.15, -0.1) is 0 Å². The summed E-state index contributed by atoms with van der Waals surface area (Å²) in [6, 6.07) is 12.1. The molecule has 34 heavy (non-hydrogen) atoms. The van der Waals surface area contributed by atoms with E-state index in [0.717, 1.165) is 4.90 Å². The van der Waals surface area contributed by atoms with Gasteiger partial charge in [-0.3, -0.25) is 24.2 Å². The van der Waals surface area contributed by atoms with Crippen LogP contribution in [0, 0.1) is 0 Å². The van der Waals surface area contributed by atoms with Crippen LogP contribution >= 0.6 is 11.6 Å². The molecule has 2 aromatic carbocycles. The minimum atomic E-state index is -4.08. The Morgan fingerprint density at radius 2 is 1.71 bits per heavy atom. The smallest absolute Gasteiger partial charge is 0.264 e. The fourth-order valence-corrected chi connectivity index (χ4v) is 4.94. The normalized spacial score (nSPS) is 13.3. The second-order valence-electron chi connectivity index (χ2n) is 7.40. The largest absolute Gasteiger partial charge is 0.444 e. The van der Waals surface area contributed by atoms with Crippen molar-refractivity contribution in [3.8, 4) is 11.3 Å². The van der Waals surface area contributed by atoms with E-state index >= 15 is 0 Å². The van der Waals surface area contributed by atoms with Crippen molar-refractivity contribution in [2.45, 2.75) is 11.4 Å². The highest BCUT2D eigenvalue weighted by Gasteiger charge is 2.40. The van der Waals surface area contributed by atoms with E-state index in [4.69, 9.17) is 16.0 Å². The number of rotatable bonds is 6. The predicted octanol–water partition coefficient (Wildman–Crippen LogP) is 3.99. The molecule has 4 aromatic rings. The molecular formula is C23H15ClN4O5S. The van der Waals surface area contributed by atoms with Crippen molar-refractivity contribution in [3.63, 3.8) is 0 Å². The van der Waals surface area contributed by atoms with Crippen molar-refractivity contribution in [1.29, 1.82) is 0 Å². The zero-order chi connectivity index (χ0) is 23.9. The number of sulfonamides is 1. The first-order valence-electron chi connectivity index (χ1n) is 9.94. The summed E-state index contributed by atoms with van der Waals surface area (Å²) < 4.78 is 33.7. The quantitative estimate of drug-likeness (QED) is 0.402. The molecule has 9 nitrogen and oxygen atoms in total. The van der Waals surface area contributed by atoms with Gasteiger partial charge in [0.1, 0.15) is 0 Å². The SMILES string of the molecule is O=C1c2c(Cl)ccc(NS(=O)(=O)c3ccc(-c4cnco4)cc3)c2C(=O)N1Cc1cccnc1. The minimum absolute atomic E-state index is 0.0220. The van der Waals surface area contributed by atoms with Crippen LogP contribution < -0.4 is 4.72 Å². The summed E-state index contributed by atoms with van der Waals surface area (Å²) in [7, 11) is -4.08. The zero-order valence-electron chi connectivity index (χ0n) is 17.3. The monoisotopic (exact) mass is 494 g/mol. The highest BCUT2D eigenvalue weighted by Crippen LogP contribution is 2.36. The van der Waals surface area contributed by atoms with Gasteiger partial charge in [-0.25, -0.2) is 13.4 Å². The Bertz CT molecular complexity index is 1510. The van der Waals surface area contributed by atoms with E-state index in [0.29, 0.717) is 16.9 Å². The molecule has 0 fully saturated rings. The van der Waals surface area contributed by atoms with Crippen LogP contribution in [-0.2, 0) is 16.6 Å². The van der Waals surface area contributed by atoms with Crippen LogP contribution in [0.5, 0.6) is 0 Å². The third kappa shape index (κ3) is 3.82. The third-order valence-electron chi connectivity index (χ3n) is 5.26. The third-order valence-corrected chi connectivity index (χ3v) is 6.96. The Balaban J connectivity index is 1.46. The minimum Gasteiger partial charge on any atom is -0.444 e. The highest BCUT2D eigenvalue weighted by atomic mass is 35.5. The Morgan fingerprint density at radius 3 is 2.38 bits per heavy atom. The van der Waals surface area contributed by atoms with Gasteiger partial charge < -0.3 is 4.42 Å². The standard InChI is InChI=1S/C23H15ClN4O5S/c24-17-7-8-18(21-20(17)22(29)28(23(21)30)12-14-2-1-9-25-10-14)27-34(31,32)16-5-3-15(4-6-16)19-11-26-13-33-19/h1-11,13,27H,12H2. The van der Waals surface area contributed by atoms with Crippen LogP contribution in [-0.4, -0.2) is 35.1 Å². The summed E-state index contributed by atoms with van der Waals surface area (Å²) in [6.07, 6.45) is 5.90. The number of aromatic nitrogens is 2. The fourth-order valence-electron chi connectivity index (χ4n) is 3.63. The molecule has 1 N–H and O–H groups in total. The molecule has 0 radical (unpaired) electrons. The number of benzene rings is 2. The number of halogens is 1. The zero-order valence-corrected chi connectivity index (χ0v) is 18.9. The fraction of sp³-hybridized carbons (Fsp3) is 0.0435. The number of amides is 2. The number of pyridine rings is 1. The lowest BCUT2D eigenvalue weighted by Crippen LogP contribution is -2.29. The molecule has 0 bridgehead atoms. The molecule has 5 rings (SSSR count). The van der Waals surface area contributed by atoms with Crippen molar-refractivity contribution >= 4 is 39.1 Å². The van der Waals surface area contributed by atoms with Crippen molar-refractivity contribution in [3.05, 3.63) is 95.2 Å². The number of carbonyl (C=O) groups excluding carboxylic acids is 2. The molecular weight excluding hydrogens is 480 g/mol. The van der Waals surface area contributed by atoms with Crippen molar-refractivity contribution in [1.82, 2.24) is 14.9 Å². The number of carbonyl (C=O) groups is 2. The average Bonchev–Trinajstić information content (AvgIpc) is 3.46. The summed E-state index contributed by atoms with van der Waals surface area (Å²) in [5.74, 6) is -0.763. The highest BCUT2D eigenvalue weighted by molar-refractivity contribution is 7.92. The van der Waals surface area contributed by atoms with Crippen LogP contribution in [0.3, 0.4) is 0 Å². The van der Waals surface area contributed by atoms with E-state index in [1.54, 1.807) is 30.5 Å². The van der Waals surface area contributed by atoms with Gasteiger partial charge in [0.15, 0.2) is 12.2 Å². The average molecular weight is 495 g/mol. The second kappa shape index (κ2) is 8.40. The molecule has 0 unspecified atom stereocenters. The van der Waals surface area contributed by atoms with Crippen LogP contribution in [0.15, 0.2) is 82.8 Å². The Kier molecular flexibility index (Phi) is 5.39. The van der Waals surface area contributed by atoms with E-state index in [2.05, 4.69) is 14.7 Å². The number of anilines is 1. The van der Waals surface area contributed by atoms with E-state index < -0.39 is 21.8 Å². The van der Waals surface area contributed by atoms with Gasteiger partial charge in [0.25, 0.3) is 21.8 Å². The lowest BCUT2D eigenvalue weighted by atomic mass is 10.1. The summed E-state index contributed by atoms with van der Waals surface area (Å²) in [5, 5.41) is 0.0568. The van der Waals surface area contributed by atoms with E-state index in [-0.39, 0.29) is 33.3 Å². The van der Waals surface area contributed by atoms with Gasteiger partial charge >= 0.3 is 0 Å². The summed E-state index contributed by atoms with van der Waals surface area (Å²) in [4.78, 5) is 34.9. The lowest BCUT2D eigenvalue weighted by Gasteiger charge is -2.14. The summed E-state index contributed by atoms with van der Waals surface area (Å²) in [6.45, 7) is -0.0220. The molecule has 2 aromatic heterocycles. The molecule has 0 atom stereocenters. The first-order valence-corrected chi connectivity index (χ1v) is 11.8. The van der Waals surface area contributed by atoms with Crippen molar-refractivity contribution in [2.24, 2.45) is 0 Å². The maximum absolute atomic E-state index is 13.2. The lowest BCUT2D eigenvalue weighted by molar-refractivity contribution is 0.0642. The molecule has 11 heteroatoms. The molecule has 170 valence electrons. The molecule has 0 aliphatic carbocycles. The Morgan fingerprint density at radius 1 is 0.941 bits per heavy atom. The van der Waals surface area contributed by atoms with Crippen LogP contribution in [0.25, 0.3) is 11.3 Å². The van der Waals surface area contributed by atoms with Gasteiger partial charge in [-0.05, 0) is 48.0 Å². The Hall–Kier alpha value is -4.02. The first kappa shape index (κ1) is 21.8. The van der Waals surface area contributed by atoms with Gasteiger partial charge in [0, 0.05) is 18.0 Å². The van der Waals surface area contributed by atoms with E-state index in [9.17, 15) is 18.0 Å². The van der Waals surface area contributed by atoms with E-state index in [1.807, 2.05) is 0 Å². The molecule has 0 saturated carbocycles. The summed E-state index contributed by atoms with van der Waals surface area (Å²) in [5.41, 5.74) is 1.11. The topological polar surface area (TPSA) is 122 Å². The number of imide groups is 1. The van der Waals surface area contributed by atoms with Gasteiger partial charge in [0.05, 0.1) is 39.5 Å². The molecule has 3 heterocycles. The second-order valence-corrected chi connectivity index (χ2v) is 9.49. The maximum Gasteiger partial charge on any atom is 0.264 e. The Labute approximate surface area is 199 Å². The van der Waals surface area contributed by atoms with Gasteiger partial charge in [-0.1, -0.05) is 17.7 Å². The number of oxazole rings is 1. The number of fused-ring (bicyclic) bond motifs is 1. The van der Waals surface area contributed by atoms with Crippen molar-refractivity contribution < 1.29 is 22.4 Å². The molecule has 0 spiro atoms. The molecule has 2 amide bonds. The molecule has 0 saturated heterocycles. The molecule has 1 aliphatic heterocycles.